The number of nitrogens with zero attached hydrogens (tertiary/aromatic N) is 2. The molecule has 6 heteroatoms. The summed E-state index contributed by atoms with van der Waals surface area (Å²) in [4.78, 5) is 17.7. The molecule has 0 bridgehead atoms. The number of hydrogen-bond acceptors (Lipinski definition) is 4. The lowest BCUT2D eigenvalue weighted by atomic mass is 10.2. The molecule has 0 aliphatic carbocycles. The van der Waals surface area contributed by atoms with Crippen molar-refractivity contribution in [1.82, 2.24) is 9.55 Å². The zero-order valence-electron chi connectivity index (χ0n) is 9.84. The van der Waals surface area contributed by atoms with Gasteiger partial charge in [0, 0.05) is 10.6 Å². The summed E-state index contributed by atoms with van der Waals surface area (Å²) in [5.74, 6) is 0. The lowest BCUT2D eigenvalue weighted by Gasteiger charge is -2.05. The van der Waals surface area contributed by atoms with Crippen LogP contribution >= 0.6 is 27.3 Å². The van der Waals surface area contributed by atoms with Crippen molar-refractivity contribution in [3.63, 3.8) is 0 Å². The van der Waals surface area contributed by atoms with Crippen molar-refractivity contribution in [3.8, 4) is 0 Å². The summed E-state index contributed by atoms with van der Waals surface area (Å²) >= 11 is 5.02. The lowest BCUT2D eigenvalue weighted by molar-refractivity contribution is 0.758. The molecule has 2 N–H and O–H groups in total. The number of aromatic nitrogens is 2. The third-order valence-electron chi connectivity index (χ3n) is 2.80. The number of benzene rings is 1. The second kappa shape index (κ2) is 4.79. The molecule has 3 rings (SSSR count). The Labute approximate surface area is 121 Å². The number of thiophene rings is 1. The first-order chi connectivity index (χ1) is 9.13. The zero-order valence-corrected chi connectivity index (χ0v) is 12.2. The minimum atomic E-state index is -0.0678. The van der Waals surface area contributed by atoms with Gasteiger partial charge in [0.15, 0.2) is 0 Å². The molecular formula is C13H10BrN3OS. The van der Waals surface area contributed by atoms with Crippen LogP contribution in [0.2, 0.25) is 0 Å². The molecule has 0 saturated carbocycles. The van der Waals surface area contributed by atoms with Gasteiger partial charge in [0.25, 0.3) is 5.56 Å². The predicted molar refractivity (Wildman–Crippen MR) is 81.5 cm³/mol. The predicted octanol–water partition coefficient (Wildman–Crippen LogP) is 2.85. The van der Waals surface area contributed by atoms with Crippen LogP contribution in [0.3, 0.4) is 0 Å². The minimum absolute atomic E-state index is 0.0678. The fraction of sp³-hybridized carbons (Fsp3) is 0.0769. The molecule has 0 atom stereocenters. The van der Waals surface area contributed by atoms with E-state index < -0.39 is 0 Å². The van der Waals surface area contributed by atoms with Gasteiger partial charge in [-0.3, -0.25) is 9.36 Å². The molecular weight excluding hydrogens is 326 g/mol. The molecule has 2 heterocycles. The molecule has 19 heavy (non-hydrogen) atoms. The second-order valence-corrected chi connectivity index (χ2v) is 6.71. The van der Waals surface area contributed by atoms with E-state index in [0.29, 0.717) is 23.1 Å². The van der Waals surface area contributed by atoms with Crippen LogP contribution in [-0.2, 0) is 6.54 Å². The summed E-state index contributed by atoms with van der Waals surface area (Å²) in [5.41, 5.74) is 6.89. The van der Waals surface area contributed by atoms with Crippen molar-refractivity contribution in [2.75, 3.05) is 5.73 Å². The number of hydrogen-bond donors (Lipinski definition) is 1. The summed E-state index contributed by atoms with van der Waals surface area (Å²) in [6.45, 7) is 0.521. The Hall–Kier alpha value is -1.66. The van der Waals surface area contributed by atoms with Crippen LogP contribution in [0.4, 0.5) is 5.69 Å². The monoisotopic (exact) mass is 335 g/mol. The van der Waals surface area contributed by atoms with Crippen LogP contribution in [0.1, 0.15) is 4.88 Å². The zero-order chi connectivity index (χ0) is 13.4. The highest BCUT2D eigenvalue weighted by atomic mass is 79.9. The Kier molecular flexibility index (Phi) is 3.12. The first-order valence-corrected chi connectivity index (χ1v) is 7.23. The highest BCUT2D eigenvalue weighted by Crippen LogP contribution is 2.22. The quantitative estimate of drug-likeness (QED) is 0.732. The van der Waals surface area contributed by atoms with E-state index in [2.05, 4.69) is 20.9 Å². The number of rotatable bonds is 2. The fourth-order valence-electron chi connectivity index (χ4n) is 1.89. The molecule has 96 valence electrons. The third-order valence-corrected chi connectivity index (χ3v) is 4.41. The molecule has 0 aliphatic heterocycles. The number of nitrogens with two attached hydrogens (primary N) is 1. The number of fused-ring (bicyclic) bond motifs is 1. The first-order valence-electron chi connectivity index (χ1n) is 5.62. The van der Waals surface area contributed by atoms with E-state index in [0.717, 1.165) is 8.66 Å². The standard InChI is InChI=1S/C13H10BrN3OS/c14-12-4-2-9(19-12)6-17-7-16-11-3-1-8(15)5-10(11)13(17)18/h1-5,7H,6,15H2. The fourth-order valence-corrected chi connectivity index (χ4v) is 3.38. The van der Waals surface area contributed by atoms with Crippen LogP contribution in [0.15, 0.2) is 45.2 Å². The van der Waals surface area contributed by atoms with Gasteiger partial charge < -0.3 is 5.73 Å². The molecule has 0 unspecified atom stereocenters. The van der Waals surface area contributed by atoms with Gasteiger partial charge in [-0.1, -0.05) is 0 Å². The highest BCUT2D eigenvalue weighted by Gasteiger charge is 2.06. The first kappa shape index (κ1) is 12.4. The van der Waals surface area contributed by atoms with Gasteiger partial charge in [0.2, 0.25) is 0 Å². The van der Waals surface area contributed by atoms with E-state index in [1.807, 2.05) is 12.1 Å². The number of nitrogen functional groups attached to an aromatic ring is 1. The summed E-state index contributed by atoms with van der Waals surface area (Å²) in [5, 5.41) is 0.554. The maximum atomic E-state index is 12.4. The summed E-state index contributed by atoms with van der Waals surface area (Å²) in [6, 6.07) is 9.14. The van der Waals surface area contributed by atoms with Crippen molar-refractivity contribution in [1.29, 1.82) is 0 Å². The van der Waals surface area contributed by atoms with Crippen LogP contribution in [0.5, 0.6) is 0 Å². The van der Waals surface area contributed by atoms with E-state index in [4.69, 9.17) is 5.73 Å². The Morgan fingerprint density at radius 3 is 2.89 bits per heavy atom. The normalized spacial score (nSPS) is 11.0. The van der Waals surface area contributed by atoms with Crippen LogP contribution in [0.25, 0.3) is 10.9 Å². The topological polar surface area (TPSA) is 60.9 Å². The van der Waals surface area contributed by atoms with Gasteiger partial charge in [0.05, 0.1) is 27.6 Å². The van der Waals surface area contributed by atoms with Gasteiger partial charge in [-0.15, -0.1) is 11.3 Å². The van der Waals surface area contributed by atoms with Gasteiger partial charge in [0.1, 0.15) is 0 Å². The van der Waals surface area contributed by atoms with E-state index >= 15 is 0 Å². The van der Waals surface area contributed by atoms with Crippen molar-refractivity contribution >= 4 is 43.9 Å². The SMILES string of the molecule is Nc1ccc2ncn(Cc3ccc(Br)s3)c(=O)c2c1. The van der Waals surface area contributed by atoms with E-state index in [1.54, 1.807) is 40.4 Å². The Bertz CT molecular complexity index is 809. The van der Waals surface area contributed by atoms with E-state index in [1.165, 1.54) is 0 Å². The molecule has 1 aromatic carbocycles. The Balaban J connectivity index is 2.09. The van der Waals surface area contributed by atoms with Crippen molar-refractivity contribution in [2.45, 2.75) is 6.54 Å². The third kappa shape index (κ3) is 2.41. The van der Waals surface area contributed by atoms with Gasteiger partial charge >= 0.3 is 0 Å². The molecule has 2 aromatic heterocycles. The largest absolute Gasteiger partial charge is 0.399 e. The van der Waals surface area contributed by atoms with Crippen molar-refractivity contribution < 1.29 is 0 Å². The van der Waals surface area contributed by atoms with Crippen molar-refractivity contribution in [3.05, 3.63) is 55.7 Å². The molecule has 0 fully saturated rings. The van der Waals surface area contributed by atoms with Crippen molar-refractivity contribution in [2.24, 2.45) is 0 Å². The van der Waals surface area contributed by atoms with Crippen LogP contribution < -0.4 is 11.3 Å². The smallest absolute Gasteiger partial charge is 0.261 e. The minimum Gasteiger partial charge on any atom is -0.399 e. The summed E-state index contributed by atoms with van der Waals surface area (Å²) in [7, 11) is 0. The maximum absolute atomic E-state index is 12.4. The number of halogens is 1. The Morgan fingerprint density at radius 1 is 1.32 bits per heavy atom. The van der Waals surface area contributed by atoms with Gasteiger partial charge in [-0.05, 0) is 46.3 Å². The van der Waals surface area contributed by atoms with Crippen LogP contribution in [0, 0.1) is 0 Å². The molecule has 0 spiro atoms. The molecule has 4 nitrogen and oxygen atoms in total. The van der Waals surface area contributed by atoms with Gasteiger partial charge in [-0.25, -0.2) is 4.98 Å². The molecule has 0 amide bonds. The van der Waals surface area contributed by atoms with Gasteiger partial charge in [-0.2, -0.15) is 0 Å². The lowest BCUT2D eigenvalue weighted by Crippen LogP contribution is -2.20. The highest BCUT2D eigenvalue weighted by molar-refractivity contribution is 9.11. The maximum Gasteiger partial charge on any atom is 0.261 e. The molecule has 3 aromatic rings. The van der Waals surface area contributed by atoms with E-state index in [9.17, 15) is 4.79 Å². The summed E-state index contributed by atoms with van der Waals surface area (Å²) < 4.78 is 2.65. The average molecular weight is 336 g/mol. The number of anilines is 1. The average Bonchev–Trinajstić information content (AvgIpc) is 2.79. The van der Waals surface area contributed by atoms with E-state index in [-0.39, 0.29) is 5.56 Å². The van der Waals surface area contributed by atoms with Crippen LogP contribution in [-0.4, -0.2) is 9.55 Å². The Morgan fingerprint density at radius 2 is 2.16 bits per heavy atom. The second-order valence-electron chi connectivity index (χ2n) is 4.16. The molecule has 0 saturated heterocycles. The summed E-state index contributed by atoms with van der Waals surface area (Å²) in [6.07, 6.45) is 1.58. The molecule has 0 radical (unpaired) electrons. The molecule has 0 aliphatic rings.